The molecule has 0 spiro atoms. The molecule has 1 aliphatic rings. The number of nitrogens with zero attached hydrogens (tertiary/aromatic N) is 2. The van der Waals surface area contributed by atoms with Crippen molar-refractivity contribution in [1.82, 2.24) is 4.90 Å². The van der Waals surface area contributed by atoms with Crippen molar-refractivity contribution >= 4 is 17.6 Å². The second-order valence-corrected chi connectivity index (χ2v) is 5.47. The largest absolute Gasteiger partial charge is 0.462 e. The van der Waals surface area contributed by atoms with E-state index < -0.39 is 5.97 Å². The molecule has 1 aromatic carbocycles. The molecular weight excluding hydrogens is 306 g/mol. The van der Waals surface area contributed by atoms with E-state index in [9.17, 15) is 9.59 Å². The Hall–Kier alpha value is -2.81. The van der Waals surface area contributed by atoms with Crippen LogP contribution in [0.3, 0.4) is 0 Å². The van der Waals surface area contributed by atoms with Gasteiger partial charge in [0.15, 0.2) is 5.57 Å². The van der Waals surface area contributed by atoms with Crippen LogP contribution < -0.4 is 5.32 Å². The number of carbonyl (C=O) groups is 2. The van der Waals surface area contributed by atoms with Crippen LogP contribution >= 0.6 is 0 Å². The van der Waals surface area contributed by atoms with E-state index in [-0.39, 0.29) is 18.1 Å². The highest BCUT2D eigenvalue weighted by Crippen LogP contribution is 2.16. The number of esters is 1. The molecule has 1 aliphatic heterocycles. The fourth-order valence-corrected chi connectivity index (χ4v) is 2.52. The first-order valence-corrected chi connectivity index (χ1v) is 8.09. The molecule has 1 aromatic rings. The molecule has 1 fully saturated rings. The number of likely N-dealkylation sites (tertiary alicyclic amines) is 1. The number of hydrogen-bond donors (Lipinski definition) is 1. The highest BCUT2D eigenvalue weighted by Gasteiger charge is 2.18. The molecule has 0 bridgehead atoms. The maximum atomic E-state index is 12.5. The monoisotopic (exact) mass is 327 g/mol. The molecule has 1 heterocycles. The van der Waals surface area contributed by atoms with Crippen LogP contribution in [-0.2, 0) is 9.53 Å². The molecule has 0 unspecified atom stereocenters. The number of piperidine rings is 1. The second-order valence-electron chi connectivity index (χ2n) is 5.47. The van der Waals surface area contributed by atoms with E-state index >= 15 is 0 Å². The minimum Gasteiger partial charge on any atom is -0.462 e. The van der Waals surface area contributed by atoms with Crippen molar-refractivity contribution in [2.45, 2.75) is 26.2 Å². The Balaban J connectivity index is 2.08. The van der Waals surface area contributed by atoms with Crippen LogP contribution in [0.5, 0.6) is 0 Å². The van der Waals surface area contributed by atoms with Crippen LogP contribution in [0.4, 0.5) is 5.69 Å². The van der Waals surface area contributed by atoms with Gasteiger partial charge >= 0.3 is 5.97 Å². The quantitative estimate of drug-likeness (QED) is 0.511. The number of hydrogen-bond acceptors (Lipinski definition) is 5. The maximum absolute atomic E-state index is 12.5. The van der Waals surface area contributed by atoms with Crippen molar-refractivity contribution in [3.63, 3.8) is 0 Å². The van der Waals surface area contributed by atoms with Crippen LogP contribution in [0.25, 0.3) is 0 Å². The molecular formula is C18H21N3O3. The Morgan fingerprint density at radius 3 is 2.75 bits per heavy atom. The van der Waals surface area contributed by atoms with E-state index in [0.717, 1.165) is 25.9 Å². The summed E-state index contributed by atoms with van der Waals surface area (Å²) < 4.78 is 4.79. The Morgan fingerprint density at radius 1 is 1.33 bits per heavy atom. The summed E-state index contributed by atoms with van der Waals surface area (Å²) >= 11 is 0. The number of ether oxygens (including phenoxy) is 1. The number of carbonyl (C=O) groups excluding carboxylic acids is 2. The molecule has 0 atom stereocenters. The normalized spacial score (nSPS) is 14.7. The summed E-state index contributed by atoms with van der Waals surface area (Å²) in [5.41, 5.74) is 1.10. The number of nitrogens with one attached hydrogen (secondary N) is 1. The lowest BCUT2D eigenvalue weighted by Gasteiger charge is -2.26. The van der Waals surface area contributed by atoms with Crippen LogP contribution in [0.2, 0.25) is 0 Å². The van der Waals surface area contributed by atoms with Gasteiger partial charge < -0.3 is 15.0 Å². The molecule has 1 N–H and O–H groups in total. The van der Waals surface area contributed by atoms with Crippen molar-refractivity contribution < 1.29 is 14.3 Å². The van der Waals surface area contributed by atoms with Gasteiger partial charge in [-0.1, -0.05) is 6.07 Å². The zero-order chi connectivity index (χ0) is 17.4. The average Bonchev–Trinajstić information content (AvgIpc) is 2.63. The third kappa shape index (κ3) is 4.59. The zero-order valence-corrected chi connectivity index (χ0v) is 13.7. The lowest BCUT2D eigenvalue weighted by atomic mass is 10.1. The summed E-state index contributed by atoms with van der Waals surface area (Å²) in [5, 5.41) is 11.9. The maximum Gasteiger partial charge on any atom is 0.350 e. The smallest absolute Gasteiger partial charge is 0.350 e. The molecule has 126 valence electrons. The van der Waals surface area contributed by atoms with E-state index in [1.54, 1.807) is 37.3 Å². The Bertz CT molecular complexity index is 670. The number of anilines is 1. The summed E-state index contributed by atoms with van der Waals surface area (Å²) in [4.78, 5) is 25.9. The number of rotatable bonds is 5. The van der Waals surface area contributed by atoms with Crippen LogP contribution in [-0.4, -0.2) is 36.5 Å². The number of benzene rings is 1. The van der Waals surface area contributed by atoms with Crippen molar-refractivity contribution in [2.24, 2.45) is 0 Å². The lowest BCUT2D eigenvalue weighted by molar-refractivity contribution is -0.138. The van der Waals surface area contributed by atoms with Gasteiger partial charge in [-0.15, -0.1) is 0 Å². The van der Waals surface area contributed by atoms with E-state index in [1.807, 2.05) is 4.90 Å². The predicted octanol–water partition coefficient (Wildman–Crippen LogP) is 2.70. The summed E-state index contributed by atoms with van der Waals surface area (Å²) in [6.45, 7) is 3.46. The number of amides is 1. The fourth-order valence-electron chi connectivity index (χ4n) is 2.52. The minimum absolute atomic E-state index is 0.00762. The highest BCUT2D eigenvalue weighted by atomic mass is 16.5. The molecule has 1 amide bonds. The van der Waals surface area contributed by atoms with Gasteiger partial charge in [0.25, 0.3) is 5.91 Å². The Morgan fingerprint density at radius 2 is 2.08 bits per heavy atom. The van der Waals surface area contributed by atoms with Crippen LogP contribution in [0.15, 0.2) is 36.0 Å². The van der Waals surface area contributed by atoms with Gasteiger partial charge in [0.2, 0.25) is 0 Å². The third-order valence-electron chi connectivity index (χ3n) is 3.75. The minimum atomic E-state index is -0.673. The molecule has 0 radical (unpaired) electrons. The first kappa shape index (κ1) is 17.5. The van der Waals surface area contributed by atoms with Crippen molar-refractivity contribution in [1.29, 1.82) is 5.26 Å². The SMILES string of the molecule is CCOC(=O)/C(C#N)=C\Nc1cccc(C(=O)N2CCCCC2)c1. The van der Waals surface area contributed by atoms with Gasteiger partial charge in [0, 0.05) is 30.5 Å². The Kier molecular flexibility index (Phi) is 6.38. The van der Waals surface area contributed by atoms with Crippen molar-refractivity contribution in [2.75, 3.05) is 25.0 Å². The Labute approximate surface area is 141 Å². The van der Waals surface area contributed by atoms with Crippen LogP contribution in [0, 0.1) is 11.3 Å². The van der Waals surface area contributed by atoms with Crippen LogP contribution in [0.1, 0.15) is 36.5 Å². The molecule has 1 saturated heterocycles. The van der Waals surface area contributed by atoms with E-state index in [1.165, 1.54) is 12.6 Å². The lowest BCUT2D eigenvalue weighted by Crippen LogP contribution is -2.35. The van der Waals surface area contributed by atoms with Gasteiger partial charge in [-0.3, -0.25) is 4.79 Å². The highest BCUT2D eigenvalue weighted by molar-refractivity contribution is 5.95. The average molecular weight is 327 g/mol. The summed E-state index contributed by atoms with van der Waals surface area (Å²) in [6, 6.07) is 8.81. The van der Waals surface area contributed by atoms with E-state index in [0.29, 0.717) is 11.3 Å². The van der Waals surface area contributed by atoms with Gasteiger partial charge in [-0.05, 0) is 44.4 Å². The molecule has 6 heteroatoms. The van der Waals surface area contributed by atoms with Gasteiger partial charge in [-0.2, -0.15) is 5.26 Å². The number of nitriles is 1. The van der Waals surface area contributed by atoms with Crippen molar-refractivity contribution in [3.8, 4) is 6.07 Å². The standard InChI is InChI=1S/C18H21N3O3/c1-2-24-18(23)15(12-19)13-20-16-8-6-7-14(11-16)17(22)21-9-4-3-5-10-21/h6-8,11,13,20H,2-5,9-10H2,1H3/b15-13-. The molecule has 0 aromatic heterocycles. The first-order valence-electron chi connectivity index (χ1n) is 8.09. The van der Waals surface area contributed by atoms with Crippen molar-refractivity contribution in [3.05, 3.63) is 41.6 Å². The van der Waals surface area contributed by atoms with Gasteiger partial charge in [0.05, 0.1) is 6.61 Å². The molecule has 2 rings (SSSR count). The summed E-state index contributed by atoms with van der Waals surface area (Å²) in [7, 11) is 0. The van der Waals surface area contributed by atoms with E-state index in [2.05, 4.69) is 5.32 Å². The van der Waals surface area contributed by atoms with E-state index in [4.69, 9.17) is 10.00 Å². The third-order valence-corrected chi connectivity index (χ3v) is 3.75. The molecule has 6 nitrogen and oxygen atoms in total. The molecule has 24 heavy (non-hydrogen) atoms. The predicted molar refractivity (Wildman–Crippen MR) is 90.1 cm³/mol. The second kappa shape index (κ2) is 8.73. The summed E-state index contributed by atoms with van der Waals surface area (Å²) in [6.07, 6.45) is 4.54. The zero-order valence-electron chi connectivity index (χ0n) is 13.7. The first-order chi connectivity index (χ1) is 11.7. The van der Waals surface area contributed by atoms with Gasteiger partial charge in [0.1, 0.15) is 6.07 Å². The topological polar surface area (TPSA) is 82.4 Å². The molecule has 0 saturated carbocycles. The fraction of sp³-hybridized carbons (Fsp3) is 0.389. The molecule has 0 aliphatic carbocycles. The van der Waals surface area contributed by atoms with Gasteiger partial charge in [-0.25, -0.2) is 4.79 Å². The summed E-state index contributed by atoms with van der Waals surface area (Å²) in [5.74, 6) is -0.665.